The first kappa shape index (κ1) is 13.5. The van der Waals surface area contributed by atoms with E-state index in [1.54, 1.807) is 12.1 Å². The Morgan fingerprint density at radius 2 is 2.00 bits per heavy atom. The van der Waals surface area contributed by atoms with Crippen molar-refractivity contribution in [2.75, 3.05) is 0 Å². The number of fused-ring (bicyclic) bond motifs is 1. The number of amides is 1. The molecule has 0 saturated heterocycles. The lowest BCUT2D eigenvalue weighted by Gasteiger charge is -2.10. The molecule has 1 N–H and O–H groups in total. The van der Waals surface area contributed by atoms with Gasteiger partial charge in [0.2, 0.25) is 5.91 Å². The van der Waals surface area contributed by atoms with Gasteiger partial charge in [-0.05, 0) is 35.6 Å². The zero-order valence-electron chi connectivity index (χ0n) is 11.5. The van der Waals surface area contributed by atoms with Crippen LogP contribution in [0.25, 0.3) is 10.8 Å². The summed E-state index contributed by atoms with van der Waals surface area (Å²) in [6.07, 6.45) is 0. The van der Waals surface area contributed by atoms with Crippen LogP contribution in [-0.4, -0.2) is 5.91 Å². The highest BCUT2D eigenvalue weighted by Crippen LogP contribution is 2.23. The van der Waals surface area contributed by atoms with E-state index in [0.29, 0.717) is 11.9 Å². The molecule has 0 radical (unpaired) electrons. The van der Waals surface area contributed by atoms with E-state index < -0.39 is 0 Å². The molecule has 0 saturated carbocycles. The lowest BCUT2D eigenvalue weighted by Crippen LogP contribution is -2.27. The Balaban J connectivity index is 2.30. The average Bonchev–Trinajstić information content (AvgIpc) is 2.37. The van der Waals surface area contributed by atoms with Crippen molar-refractivity contribution >= 4 is 16.7 Å². The minimum absolute atomic E-state index is 0.00582. The standard InChI is InChI=1S/C16H18FNO/c1-10(2)16(19)18-9-12-7-11(3)13-5-4-6-15(17)14(13)8-12/h4-8,10H,9H2,1-3H3,(H,18,19). The van der Waals surface area contributed by atoms with Gasteiger partial charge in [-0.2, -0.15) is 0 Å². The predicted octanol–water partition coefficient (Wildman–Crippen LogP) is 3.56. The maximum Gasteiger partial charge on any atom is 0.222 e. The van der Waals surface area contributed by atoms with Gasteiger partial charge in [0.1, 0.15) is 5.82 Å². The van der Waals surface area contributed by atoms with Gasteiger partial charge in [0.05, 0.1) is 0 Å². The lowest BCUT2D eigenvalue weighted by atomic mass is 10.0. The molecule has 0 aliphatic heterocycles. The summed E-state index contributed by atoms with van der Waals surface area (Å²) in [6.45, 7) is 6.08. The summed E-state index contributed by atoms with van der Waals surface area (Å²) < 4.78 is 13.8. The number of hydrogen-bond donors (Lipinski definition) is 1. The third-order valence-corrected chi connectivity index (χ3v) is 3.20. The van der Waals surface area contributed by atoms with Crippen LogP contribution in [0.5, 0.6) is 0 Å². The van der Waals surface area contributed by atoms with Crippen LogP contribution in [0.3, 0.4) is 0 Å². The highest BCUT2D eigenvalue weighted by molar-refractivity contribution is 5.87. The Hall–Kier alpha value is -1.90. The first-order chi connectivity index (χ1) is 8.99. The maximum absolute atomic E-state index is 13.8. The van der Waals surface area contributed by atoms with Crippen LogP contribution in [0.15, 0.2) is 30.3 Å². The van der Waals surface area contributed by atoms with E-state index in [1.165, 1.54) is 6.07 Å². The zero-order chi connectivity index (χ0) is 14.0. The van der Waals surface area contributed by atoms with Crippen LogP contribution in [0, 0.1) is 18.7 Å². The van der Waals surface area contributed by atoms with Crippen molar-refractivity contribution < 1.29 is 9.18 Å². The molecule has 1 amide bonds. The molecule has 19 heavy (non-hydrogen) atoms. The van der Waals surface area contributed by atoms with Crippen LogP contribution in [0.1, 0.15) is 25.0 Å². The number of carbonyl (C=O) groups is 1. The number of nitrogens with one attached hydrogen (secondary N) is 1. The molecule has 0 aliphatic rings. The second-order valence-corrected chi connectivity index (χ2v) is 5.12. The molecule has 0 spiro atoms. The van der Waals surface area contributed by atoms with E-state index in [0.717, 1.165) is 16.5 Å². The smallest absolute Gasteiger partial charge is 0.222 e. The number of hydrogen-bond acceptors (Lipinski definition) is 1. The number of benzene rings is 2. The van der Waals surface area contributed by atoms with Gasteiger partial charge >= 0.3 is 0 Å². The largest absolute Gasteiger partial charge is 0.352 e. The fourth-order valence-corrected chi connectivity index (χ4v) is 2.11. The summed E-state index contributed by atoms with van der Waals surface area (Å²) in [5, 5.41) is 4.37. The molecule has 0 unspecified atom stereocenters. The first-order valence-corrected chi connectivity index (χ1v) is 6.44. The summed E-state index contributed by atoms with van der Waals surface area (Å²) in [4.78, 5) is 11.5. The van der Waals surface area contributed by atoms with Gasteiger partial charge in [-0.3, -0.25) is 4.79 Å². The minimum Gasteiger partial charge on any atom is -0.352 e. The van der Waals surface area contributed by atoms with Crippen LogP contribution in [0.2, 0.25) is 0 Å². The van der Waals surface area contributed by atoms with Crippen LogP contribution in [-0.2, 0) is 11.3 Å². The number of halogens is 1. The zero-order valence-corrected chi connectivity index (χ0v) is 11.5. The Labute approximate surface area is 112 Å². The Bertz CT molecular complexity index is 619. The SMILES string of the molecule is Cc1cc(CNC(=O)C(C)C)cc2c(F)cccc12. The van der Waals surface area contributed by atoms with E-state index in [1.807, 2.05) is 32.9 Å². The number of aryl methyl sites for hydroxylation is 1. The van der Waals surface area contributed by atoms with Crippen molar-refractivity contribution in [3.63, 3.8) is 0 Å². The molecule has 2 rings (SSSR count). The highest BCUT2D eigenvalue weighted by Gasteiger charge is 2.08. The van der Waals surface area contributed by atoms with Gasteiger partial charge in [-0.1, -0.05) is 32.0 Å². The Kier molecular flexibility index (Phi) is 3.84. The minimum atomic E-state index is -0.224. The predicted molar refractivity (Wildman–Crippen MR) is 75.3 cm³/mol. The monoisotopic (exact) mass is 259 g/mol. The maximum atomic E-state index is 13.8. The molecule has 2 nitrogen and oxygen atoms in total. The van der Waals surface area contributed by atoms with E-state index in [9.17, 15) is 9.18 Å². The molecule has 0 heterocycles. The van der Waals surface area contributed by atoms with Gasteiger partial charge in [0, 0.05) is 17.8 Å². The van der Waals surface area contributed by atoms with Crippen molar-refractivity contribution in [1.29, 1.82) is 0 Å². The summed E-state index contributed by atoms with van der Waals surface area (Å²) >= 11 is 0. The molecule has 2 aromatic rings. The molecule has 0 aliphatic carbocycles. The van der Waals surface area contributed by atoms with Gasteiger partial charge in [0.15, 0.2) is 0 Å². The lowest BCUT2D eigenvalue weighted by molar-refractivity contribution is -0.124. The van der Waals surface area contributed by atoms with Crippen molar-refractivity contribution in [1.82, 2.24) is 5.32 Å². The van der Waals surface area contributed by atoms with Crippen molar-refractivity contribution in [3.05, 3.63) is 47.3 Å². The van der Waals surface area contributed by atoms with E-state index >= 15 is 0 Å². The topological polar surface area (TPSA) is 29.1 Å². The molecule has 0 bridgehead atoms. The molecule has 0 fully saturated rings. The Morgan fingerprint density at radius 3 is 2.68 bits per heavy atom. The average molecular weight is 259 g/mol. The highest BCUT2D eigenvalue weighted by atomic mass is 19.1. The van der Waals surface area contributed by atoms with Crippen LogP contribution >= 0.6 is 0 Å². The van der Waals surface area contributed by atoms with Crippen LogP contribution < -0.4 is 5.32 Å². The summed E-state index contributed by atoms with van der Waals surface area (Å²) in [5.74, 6) is -0.262. The van der Waals surface area contributed by atoms with Gasteiger partial charge in [-0.25, -0.2) is 4.39 Å². The first-order valence-electron chi connectivity index (χ1n) is 6.44. The fourth-order valence-electron chi connectivity index (χ4n) is 2.11. The molecule has 100 valence electrons. The van der Waals surface area contributed by atoms with E-state index in [2.05, 4.69) is 5.32 Å². The van der Waals surface area contributed by atoms with E-state index in [4.69, 9.17) is 0 Å². The second kappa shape index (κ2) is 5.39. The van der Waals surface area contributed by atoms with Crippen molar-refractivity contribution in [2.24, 2.45) is 5.92 Å². The van der Waals surface area contributed by atoms with Crippen LogP contribution in [0.4, 0.5) is 4.39 Å². The Morgan fingerprint density at radius 1 is 1.26 bits per heavy atom. The van der Waals surface area contributed by atoms with Gasteiger partial charge in [0.25, 0.3) is 0 Å². The number of carbonyl (C=O) groups excluding carboxylic acids is 1. The van der Waals surface area contributed by atoms with Crippen molar-refractivity contribution in [3.8, 4) is 0 Å². The third kappa shape index (κ3) is 2.92. The van der Waals surface area contributed by atoms with E-state index in [-0.39, 0.29) is 17.6 Å². The molecular weight excluding hydrogens is 241 g/mol. The van der Waals surface area contributed by atoms with Gasteiger partial charge < -0.3 is 5.32 Å². The molecule has 3 heteroatoms. The van der Waals surface area contributed by atoms with Gasteiger partial charge in [-0.15, -0.1) is 0 Å². The normalized spacial score (nSPS) is 11.0. The summed E-state index contributed by atoms with van der Waals surface area (Å²) in [5.41, 5.74) is 1.94. The molecular formula is C16H18FNO. The summed E-state index contributed by atoms with van der Waals surface area (Å²) in [6, 6.07) is 8.87. The van der Waals surface area contributed by atoms with Crippen molar-refractivity contribution in [2.45, 2.75) is 27.3 Å². The molecule has 2 aromatic carbocycles. The quantitative estimate of drug-likeness (QED) is 0.897. The molecule has 0 atom stereocenters. The number of rotatable bonds is 3. The summed E-state index contributed by atoms with van der Waals surface area (Å²) in [7, 11) is 0. The third-order valence-electron chi connectivity index (χ3n) is 3.20. The fraction of sp³-hybridized carbons (Fsp3) is 0.312. The molecule has 0 aromatic heterocycles. The second-order valence-electron chi connectivity index (χ2n) is 5.12.